The van der Waals surface area contributed by atoms with E-state index in [4.69, 9.17) is 4.74 Å². The summed E-state index contributed by atoms with van der Waals surface area (Å²) in [5.41, 5.74) is 3.09. The van der Waals surface area contributed by atoms with Gasteiger partial charge in [-0.2, -0.15) is 0 Å². The van der Waals surface area contributed by atoms with Crippen LogP contribution in [0.25, 0.3) is 10.9 Å². The van der Waals surface area contributed by atoms with E-state index in [1.54, 1.807) is 18.2 Å². The van der Waals surface area contributed by atoms with Crippen molar-refractivity contribution >= 4 is 16.9 Å². The summed E-state index contributed by atoms with van der Waals surface area (Å²) in [5, 5.41) is 0.958. The van der Waals surface area contributed by atoms with Gasteiger partial charge in [0.05, 0.1) is 0 Å². The van der Waals surface area contributed by atoms with Crippen molar-refractivity contribution in [3.8, 4) is 0 Å². The smallest absolute Gasteiger partial charge is 0.355 e. The number of halogens is 1. The molecule has 0 fully saturated rings. The van der Waals surface area contributed by atoms with Crippen LogP contribution in [0.15, 0.2) is 84.9 Å². The Hall–Kier alpha value is -3.40. The summed E-state index contributed by atoms with van der Waals surface area (Å²) in [4.78, 5) is 15.8. The van der Waals surface area contributed by atoms with Crippen molar-refractivity contribution < 1.29 is 13.9 Å². The molecular weight excluding hydrogens is 341 g/mol. The third-order valence-electron chi connectivity index (χ3n) is 4.50. The topological polar surface area (TPSA) is 42.1 Å². The van der Waals surface area contributed by atoms with E-state index in [9.17, 15) is 9.18 Å². The number of H-pyrrole nitrogens is 1. The van der Waals surface area contributed by atoms with Gasteiger partial charge in [-0.15, -0.1) is 0 Å². The van der Waals surface area contributed by atoms with Gasteiger partial charge in [0.15, 0.2) is 0 Å². The highest BCUT2D eigenvalue weighted by atomic mass is 19.1. The molecule has 0 bridgehead atoms. The SMILES string of the molecule is O=C(OC(Cc1ccc(F)cc1)c1ccccc1)c1cc2ccccc2[nH]1. The molecule has 3 aromatic carbocycles. The van der Waals surface area contributed by atoms with Crippen LogP contribution in [-0.4, -0.2) is 11.0 Å². The number of nitrogens with one attached hydrogen (secondary N) is 1. The van der Waals surface area contributed by atoms with Crippen molar-refractivity contribution in [1.82, 2.24) is 4.98 Å². The molecule has 4 aromatic rings. The zero-order valence-corrected chi connectivity index (χ0v) is 14.6. The lowest BCUT2D eigenvalue weighted by Gasteiger charge is -2.18. The van der Waals surface area contributed by atoms with Gasteiger partial charge in [-0.05, 0) is 35.4 Å². The molecule has 134 valence electrons. The number of ether oxygens (including phenoxy) is 1. The summed E-state index contributed by atoms with van der Waals surface area (Å²) >= 11 is 0. The number of benzene rings is 3. The molecule has 0 radical (unpaired) electrons. The Labute approximate surface area is 156 Å². The van der Waals surface area contributed by atoms with Gasteiger partial charge in [-0.1, -0.05) is 60.7 Å². The Morgan fingerprint density at radius 2 is 1.63 bits per heavy atom. The van der Waals surface area contributed by atoms with Crippen molar-refractivity contribution in [3.05, 3.63) is 108 Å². The second-order valence-corrected chi connectivity index (χ2v) is 6.41. The quantitative estimate of drug-likeness (QED) is 0.482. The minimum Gasteiger partial charge on any atom is -0.452 e. The van der Waals surface area contributed by atoms with Crippen molar-refractivity contribution in [1.29, 1.82) is 0 Å². The number of rotatable bonds is 5. The van der Waals surface area contributed by atoms with E-state index >= 15 is 0 Å². The Morgan fingerprint density at radius 3 is 2.37 bits per heavy atom. The van der Waals surface area contributed by atoms with Crippen LogP contribution in [0.4, 0.5) is 4.39 Å². The maximum Gasteiger partial charge on any atom is 0.355 e. The summed E-state index contributed by atoms with van der Waals surface area (Å²) in [6, 6.07) is 25.3. The second kappa shape index (κ2) is 7.46. The van der Waals surface area contributed by atoms with Gasteiger partial charge in [0.1, 0.15) is 17.6 Å². The molecule has 1 heterocycles. The normalized spacial score (nSPS) is 12.0. The van der Waals surface area contributed by atoms with Gasteiger partial charge in [-0.3, -0.25) is 0 Å². The first-order valence-electron chi connectivity index (χ1n) is 8.77. The molecule has 0 saturated heterocycles. The molecule has 1 N–H and O–H groups in total. The van der Waals surface area contributed by atoms with E-state index in [1.807, 2.05) is 54.6 Å². The molecule has 4 rings (SSSR count). The molecule has 0 aliphatic rings. The molecule has 0 aliphatic heterocycles. The van der Waals surface area contributed by atoms with Crippen LogP contribution in [0.3, 0.4) is 0 Å². The number of hydrogen-bond donors (Lipinski definition) is 1. The van der Waals surface area contributed by atoms with Crippen molar-refractivity contribution in [3.63, 3.8) is 0 Å². The van der Waals surface area contributed by atoms with Crippen LogP contribution in [-0.2, 0) is 11.2 Å². The maximum absolute atomic E-state index is 13.2. The van der Waals surface area contributed by atoms with E-state index in [0.717, 1.165) is 22.0 Å². The number of esters is 1. The number of aromatic amines is 1. The van der Waals surface area contributed by atoms with E-state index in [-0.39, 0.29) is 5.82 Å². The number of para-hydroxylation sites is 1. The summed E-state index contributed by atoms with van der Waals surface area (Å²) < 4.78 is 19.0. The predicted molar refractivity (Wildman–Crippen MR) is 103 cm³/mol. The highest BCUT2D eigenvalue weighted by Crippen LogP contribution is 2.25. The first-order chi connectivity index (χ1) is 13.2. The number of carbonyl (C=O) groups is 1. The van der Waals surface area contributed by atoms with Crippen LogP contribution >= 0.6 is 0 Å². The zero-order chi connectivity index (χ0) is 18.6. The molecule has 4 heteroatoms. The molecule has 0 saturated carbocycles. The zero-order valence-electron chi connectivity index (χ0n) is 14.6. The number of fused-ring (bicyclic) bond motifs is 1. The number of hydrogen-bond acceptors (Lipinski definition) is 2. The molecule has 1 atom stereocenters. The molecule has 0 spiro atoms. The first-order valence-corrected chi connectivity index (χ1v) is 8.77. The number of aromatic nitrogens is 1. The van der Waals surface area contributed by atoms with Gasteiger partial charge in [0, 0.05) is 17.3 Å². The first kappa shape index (κ1) is 17.0. The fraction of sp³-hybridized carbons (Fsp3) is 0.0870. The van der Waals surface area contributed by atoms with Crippen LogP contribution in [0, 0.1) is 5.82 Å². The molecule has 3 nitrogen and oxygen atoms in total. The van der Waals surface area contributed by atoms with Crippen LogP contribution in [0.2, 0.25) is 0 Å². The highest BCUT2D eigenvalue weighted by Gasteiger charge is 2.20. The lowest BCUT2D eigenvalue weighted by molar-refractivity contribution is 0.0291. The van der Waals surface area contributed by atoms with Crippen molar-refractivity contribution in [2.75, 3.05) is 0 Å². The number of carbonyl (C=O) groups excluding carboxylic acids is 1. The summed E-state index contributed by atoms with van der Waals surface area (Å²) in [5.74, 6) is -0.702. The van der Waals surface area contributed by atoms with Gasteiger partial charge in [-0.25, -0.2) is 9.18 Å². The van der Waals surface area contributed by atoms with Crippen LogP contribution < -0.4 is 0 Å². The van der Waals surface area contributed by atoms with Gasteiger partial charge < -0.3 is 9.72 Å². The molecule has 0 amide bonds. The minimum absolute atomic E-state index is 0.287. The van der Waals surface area contributed by atoms with E-state index in [2.05, 4.69) is 4.98 Å². The van der Waals surface area contributed by atoms with Gasteiger partial charge in [0.2, 0.25) is 0 Å². The Bertz CT molecular complexity index is 1020. The molecule has 1 unspecified atom stereocenters. The van der Waals surface area contributed by atoms with E-state index < -0.39 is 12.1 Å². The average Bonchev–Trinajstić information content (AvgIpc) is 3.14. The van der Waals surface area contributed by atoms with Crippen LogP contribution in [0.5, 0.6) is 0 Å². The second-order valence-electron chi connectivity index (χ2n) is 6.41. The highest BCUT2D eigenvalue weighted by molar-refractivity contribution is 5.94. The monoisotopic (exact) mass is 359 g/mol. The predicted octanol–water partition coefficient (Wildman–Crippen LogP) is 5.45. The molecule has 27 heavy (non-hydrogen) atoms. The van der Waals surface area contributed by atoms with E-state index in [1.165, 1.54) is 12.1 Å². The van der Waals surface area contributed by atoms with Gasteiger partial charge >= 0.3 is 5.97 Å². The van der Waals surface area contributed by atoms with Crippen molar-refractivity contribution in [2.24, 2.45) is 0 Å². The molecular formula is C23H18FNO2. The Kier molecular flexibility index (Phi) is 4.71. The lowest BCUT2D eigenvalue weighted by Crippen LogP contribution is -2.14. The fourth-order valence-electron chi connectivity index (χ4n) is 3.11. The standard InChI is InChI=1S/C23H18FNO2/c24-19-12-10-16(11-13-19)14-22(17-6-2-1-3-7-17)27-23(26)21-15-18-8-4-5-9-20(18)25-21/h1-13,15,22,25H,14H2. The van der Waals surface area contributed by atoms with E-state index in [0.29, 0.717) is 12.1 Å². The molecule has 0 aliphatic carbocycles. The Balaban J connectivity index is 1.60. The minimum atomic E-state index is -0.462. The third-order valence-corrected chi connectivity index (χ3v) is 4.50. The van der Waals surface area contributed by atoms with Crippen molar-refractivity contribution in [2.45, 2.75) is 12.5 Å². The van der Waals surface area contributed by atoms with Crippen LogP contribution in [0.1, 0.15) is 27.7 Å². The Morgan fingerprint density at radius 1 is 0.926 bits per heavy atom. The summed E-state index contributed by atoms with van der Waals surface area (Å²) in [6.45, 7) is 0. The average molecular weight is 359 g/mol. The largest absolute Gasteiger partial charge is 0.452 e. The van der Waals surface area contributed by atoms with Gasteiger partial charge in [0.25, 0.3) is 0 Å². The summed E-state index contributed by atoms with van der Waals surface area (Å²) in [7, 11) is 0. The maximum atomic E-state index is 13.2. The fourth-order valence-corrected chi connectivity index (χ4v) is 3.11. The summed E-state index contributed by atoms with van der Waals surface area (Å²) in [6.07, 6.45) is 0.00608. The molecule has 1 aromatic heterocycles. The third kappa shape index (κ3) is 3.90. The lowest BCUT2D eigenvalue weighted by atomic mass is 10.0.